The van der Waals surface area contributed by atoms with E-state index in [9.17, 15) is 14.4 Å². The van der Waals surface area contributed by atoms with E-state index in [1.165, 1.54) is 16.6 Å². The monoisotopic (exact) mass is 432 g/mol. The van der Waals surface area contributed by atoms with Gasteiger partial charge in [0.05, 0.1) is 13.7 Å². The van der Waals surface area contributed by atoms with E-state index in [0.29, 0.717) is 42.6 Å². The van der Waals surface area contributed by atoms with E-state index in [1.807, 2.05) is 20.8 Å². The van der Waals surface area contributed by atoms with Crippen LogP contribution in [0.15, 0.2) is 27.8 Å². The lowest BCUT2D eigenvalue weighted by atomic mass is 10.1. The standard InChI is InChI=1S/C22H32N4O5/c1-6-8-11-26-19(23)18(20(27)24-22(26)29)25(7-2)21(28)15-9-10-16(17(12-15)30-5)31-13-14(3)4/h9-10,12,14H,6-8,11,13,23H2,1-5H3,(H,24,27,29). The number of ether oxygens (including phenoxy) is 2. The van der Waals surface area contributed by atoms with E-state index in [4.69, 9.17) is 15.2 Å². The Morgan fingerprint density at radius 1 is 1.23 bits per heavy atom. The molecule has 0 saturated carbocycles. The van der Waals surface area contributed by atoms with Crippen molar-refractivity contribution in [3.63, 3.8) is 0 Å². The van der Waals surface area contributed by atoms with Gasteiger partial charge in [-0.1, -0.05) is 27.2 Å². The number of benzene rings is 1. The number of hydrogen-bond donors (Lipinski definition) is 2. The van der Waals surface area contributed by atoms with E-state index < -0.39 is 17.2 Å². The van der Waals surface area contributed by atoms with Crippen molar-refractivity contribution in [3.8, 4) is 11.5 Å². The Bertz CT molecular complexity index is 1030. The normalized spacial score (nSPS) is 10.9. The molecule has 0 aliphatic carbocycles. The van der Waals surface area contributed by atoms with E-state index in [2.05, 4.69) is 4.98 Å². The second-order valence-corrected chi connectivity index (χ2v) is 7.62. The van der Waals surface area contributed by atoms with Crippen LogP contribution in [0, 0.1) is 5.92 Å². The summed E-state index contributed by atoms with van der Waals surface area (Å²) in [6, 6.07) is 4.84. The molecular formula is C22H32N4O5. The summed E-state index contributed by atoms with van der Waals surface area (Å²) in [6.45, 7) is 8.83. The molecule has 0 saturated heterocycles. The van der Waals surface area contributed by atoms with Gasteiger partial charge in [-0.15, -0.1) is 0 Å². The molecule has 9 heteroatoms. The first kappa shape index (κ1) is 24.0. The summed E-state index contributed by atoms with van der Waals surface area (Å²) in [4.78, 5) is 41.6. The lowest BCUT2D eigenvalue weighted by molar-refractivity contribution is 0.0987. The number of H-pyrrole nitrogens is 1. The van der Waals surface area contributed by atoms with E-state index in [1.54, 1.807) is 25.1 Å². The van der Waals surface area contributed by atoms with Crippen LogP contribution in [0.5, 0.6) is 11.5 Å². The summed E-state index contributed by atoms with van der Waals surface area (Å²) in [5.41, 5.74) is 5.15. The second-order valence-electron chi connectivity index (χ2n) is 7.62. The number of amides is 1. The minimum Gasteiger partial charge on any atom is -0.493 e. The van der Waals surface area contributed by atoms with Crippen LogP contribution in [0.3, 0.4) is 0 Å². The summed E-state index contributed by atoms with van der Waals surface area (Å²) in [5, 5.41) is 0. The number of carbonyl (C=O) groups excluding carboxylic acids is 1. The van der Waals surface area contributed by atoms with Gasteiger partial charge in [0.1, 0.15) is 5.82 Å². The van der Waals surface area contributed by atoms with Crippen molar-refractivity contribution in [1.29, 1.82) is 0 Å². The summed E-state index contributed by atoms with van der Waals surface area (Å²) < 4.78 is 12.4. The molecule has 31 heavy (non-hydrogen) atoms. The Morgan fingerprint density at radius 2 is 1.94 bits per heavy atom. The molecular weight excluding hydrogens is 400 g/mol. The number of carbonyl (C=O) groups is 1. The van der Waals surface area contributed by atoms with Crippen LogP contribution in [0.25, 0.3) is 0 Å². The molecule has 1 aromatic carbocycles. The van der Waals surface area contributed by atoms with Crippen molar-refractivity contribution < 1.29 is 14.3 Å². The third kappa shape index (κ3) is 5.48. The Morgan fingerprint density at radius 3 is 2.52 bits per heavy atom. The minimum absolute atomic E-state index is 0.0266. The molecule has 0 aliphatic heterocycles. The predicted molar refractivity (Wildman–Crippen MR) is 121 cm³/mol. The number of unbranched alkanes of at least 4 members (excludes halogenated alkanes) is 1. The number of rotatable bonds is 10. The van der Waals surface area contributed by atoms with Gasteiger partial charge in [-0.05, 0) is 37.5 Å². The quantitative estimate of drug-likeness (QED) is 0.596. The SMILES string of the molecule is CCCCn1c(N)c(N(CC)C(=O)c2ccc(OCC(C)C)c(OC)c2)c(=O)[nH]c1=O. The molecule has 9 nitrogen and oxygen atoms in total. The molecule has 0 spiro atoms. The molecule has 0 atom stereocenters. The molecule has 1 aromatic heterocycles. The van der Waals surface area contributed by atoms with E-state index >= 15 is 0 Å². The number of nitrogens with one attached hydrogen (secondary N) is 1. The molecule has 2 rings (SSSR count). The highest BCUT2D eigenvalue weighted by molar-refractivity contribution is 6.07. The summed E-state index contributed by atoms with van der Waals surface area (Å²) >= 11 is 0. The second kappa shape index (κ2) is 10.7. The topological polar surface area (TPSA) is 120 Å². The Labute approximate surface area is 181 Å². The zero-order chi connectivity index (χ0) is 23.1. The van der Waals surface area contributed by atoms with E-state index in [0.717, 1.165) is 6.42 Å². The number of nitrogen functional groups attached to an aromatic ring is 1. The number of methoxy groups -OCH3 is 1. The Kier molecular flexibility index (Phi) is 8.30. The van der Waals surface area contributed by atoms with Crippen LogP contribution in [0.2, 0.25) is 0 Å². The van der Waals surface area contributed by atoms with Gasteiger partial charge in [0, 0.05) is 18.7 Å². The van der Waals surface area contributed by atoms with E-state index in [-0.39, 0.29) is 18.1 Å². The first-order valence-corrected chi connectivity index (χ1v) is 10.5. The maximum Gasteiger partial charge on any atom is 0.330 e. The first-order chi connectivity index (χ1) is 14.7. The predicted octanol–water partition coefficient (Wildman–Crippen LogP) is 2.63. The maximum atomic E-state index is 13.3. The highest BCUT2D eigenvalue weighted by Crippen LogP contribution is 2.30. The number of aromatic amines is 1. The highest BCUT2D eigenvalue weighted by atomic mass is 16.5. The fourth-order valence-corrected chi connectivity index (χ4v) is 3.11. The summed E-state index contributed by atoms with van der Waals surface area (Å²) in [7, 11) is 1.50. The van der Waals surface area contributed by atoms with Crippen molar-refractivity contribution in [2.24, 2.45) is 5.92 Å². The van der Waals surface area contributed by atoms with Gasteiger partial charge in [-0.25, -0.2) is 4.79 Å². The minimum atomic E-state index is -0.700. The van der Waals surface area contributed by atoms with Crippen molar-refractivity contribution in [2.45, 2.75) is 47.1 Å². The molecule has 170 valence electrons. The molecule has 0 aliphatic rings. The van der Waals surface area contributed by atoms with Gasteiger partial charge in [0.2, 0.25) is 0 Å². The summed E-state index contributed by atoms with van der Waals surface area (Å²) in [6.07, 6.45) is 1.56. The van der Waals surface area contributed by atoms with Gasteiger partial charge in [-0.3, -0.25) is 19.1 Å². The fourth-order valence-electron chi connectivity index (χ4n) is 3.11. The van der Waals surface area contributed by atoms with Crippen LogP contribution in [0.4, 0.5) is 11.5 Å². The largest absolute Gasteiger partial charge is 0.493 e. The number of nitrogens with zero attached hydrogens (tertiary/aromatic N) is 2. The third-order valence-corrected chi connectivity index (χ3v) is 4.76. The van der Waals surface area contributed by atoms with Crippen LogP contribution < -0.4 is 31.4 Å². The molecule has 0 fully saturated rings. The number of aromatic nitrogens is 2. The lowest BCUT2D eigenvalue weighted by Gasteiger charge is -2.23. The molecule has 0 bridgehead atoms. The smallest absolute Gasteiger partial charge is 0.330 e. The Balaban J connectivity index is 2.46. The average Bonchev–Trinajstić information content (AvgIpc) is 2.74. The maximum absolute atomic E-state index is 13.3. The van der Waals surface area contributed by atoms with Crippen LogP contribution in [-0.4, -0.2) is 35.7 Å². The molecule has 1 heterocycles. The lowest BCUT2D eigenvalue weighted by Crippen LogP contribution is -2.41. The Hall–Kier alpha value is -3.23. The van der Waals surface area contributed by atoms with Crippen LogP contribution in [-0.2, 0) is 6.54 Å². The average molecular weight is 433 g/mol. The molecule has 0 unspecified atom stereocenters. The molecule has 0 radical (unpaired) electrons. The van der Waals surface area contributed by atoms with Crippen molar-refractivity contribution in [3.05, 3.63) is 44.6 Å². The van der Waals surface area contributed by atoms with Crippen LogP contribution in [0.1, 0.15) is 50.9 Å². The molecule has 3 N–H and O–H groups in total. The number of anilines is 2. The zero-order valence-electron chi connectivity index (χ0n) is 18.9. The number of nitrogens with two attached hydrogens (primary N) is 1. The molecule has 1 amide bonds. The van der Waals surface area contributed by atoms with Gasteiger partial charge in [-0.2, -0.15) is 0 Å². The third-order valence-electron chi connectivity index (χ3n) is 4.76. The highest BCUT2D eigenvalue weighted by Gasteiger charge is 2.25. The van der Waals surface area contributed by atoms with Gasteiger partial charge in [0.25, 0.3) is 11.5 Å². The van der Waals surface area contributed by atoms with Gasteiger partial charge < -0.3 is 20.1 Å². The fraction of sp³-hybridized carbons (Fsp3) is 0.500. The van der Waals surface area contributed by atoms with Gasteiger partial charge in [0.15, 0.2) is 17.2 Å². The van der Waals surface area contributed by atoms with Gasteiger partial charge >= 0.3 is 5.69 Å². The van der Waals surface area contributed by atoms with Crippen molar-refractivity contribution in [2.75, 3.05) is 30.9 Å². The van der Waals surface area contributed by atoms with Crippen molar-refractivity contribution >= 4 is 17.4 Å². The zero-order valence-corrected chi connectivity index (χ0v) is 18.9. The molecule has 2 aromatic rings. The van der Waals surface area contributed by atoms with Crippen LogP contribution >= 0.6 is 0 Å². The number of hydrogen-bond acceptors (Lipinski definition) is 6. The van der Waals surface area contributed by atoms with Crippen molar-refractivity contribution in [1.82, 2.24) is 9.55 Å². The first-order valence-electron chi connectivity index (χ1n) is 10.5. The summed E-state index contributed by atoms with van der Waals surface area (Å²) in [5.74, 6) is 0.814.